The van der Waals surface area contributed by atoms with Crippen molar-refractivity contribution in [3.63, 3.8) is 0 Å². The summed E-state index contributed by atoms with van der Waals surface area (Å²) in [6.07, 6.45) is 3.72. The molecule has 0 aliphatic heterocycles. The molecule has 0 aromatic rings. The second kappa shape index (κ2) is 4.43. The molecule has 1 aliphatic carbocycles. The average molecular weight is 200 g/mol. The van der Waals surface area contributed by atoms with Crippen LogP contribution in [0.1, 0.15) is 40.0 Å². The van der Waals surface area contributed by atoms with E-state index in [0.29, 0.717) is 6.42 Å². The molecule has 0 radical (unpaired) electrons. The minimum Gasteiger partial charge on any atom is -0.395 e. The summed E-state index contributed by atoms with van der Waals surface area (Å²) in [4.78, 5) is 0. The first-order valence-electron chi connectivity index (χ1n) is 5.49. The summed E-state index contributed by atoms with van der Waals surface area (Å²) < 4.78 is 13.6. The highest BCUT2D eigenvalue weighted by molar-refractivity contribution is 5.17. The molecule has 0 saturated heterocycles. The molecule has 1 nitrogen and oxygen atoms in total. The van der Waals surface area contributed by atoms with Crippen LogP contribution in [-0.4, -0.2) is 17.9 Å². The molecule has 2 heteroatoms. The lowest BCUT2D eigenvalue weighted by Crippen LogP contribution is -2.34. The molecular formula is C12H21FO. The Kier molecular flexibility index (Phi) is 3.71. The fraction of sp³-hybridized carbons (Fsp3) is 0.833. The van der Waals surface area contributed by atoms with Crippen molar-refractivity contribution in [2.75, 3.05) is 6.61 Å². The van der Waals surface area contributed by atoms with E-state index in [-0.39, 0.29) is 17.9 Å². The van der Waals surface area contributed by atoms with Gasteiger partial charge in [-0.1, -0.05) is 25.5 Å². The van der Waals surface area contributed by atoms with Crippen LogP contribution in [0.5, 0.6) is 0 Å². The minimum atomic E-state index is -0.802. The lowest BCUT2D eigenvalue weighted by atomic mass is 9.73. The lowest BCUT2D eigenvalue weighted by molar-refractivity contribution is 0.0605. The van der Waals surface area contributed by atoms with Gasteiger partial charge in [0.1, 0.15) is 6.17 Å². The van der Waals surface area contributed by atoms with Crippen molar-refractivity contribution in [1.82, 2.24) is 0 Å². The van der Waals surface area contributed by atoms with Crippen LogP contribution in [0.25, 0.3) is 0 Å². The smallest absolute Gasteiger partial charge is 0.103 e. The van der Waals surface area contributed by atoms with E-state index >= 15 is 0 Å². The zero-order valence-electron chi connectivity index (χ0n) is 9.39. The Hall–Kier alpha value is -0.370. The maximum absolute atomic E-state index is 13.6. The van der Waals surface area contributed by atoms with Crippen molar-refractivity contribution in [1.29, 1.82) is 0 Å². The van der Waals surface area contributed by atoms with Gasteiger partial charge in [-0.05, 0) is 32.1 Å². The number of rotatable bonds is 4. The van der Waals surface area contributed by atoms with Crippen LogP contribution < -0.4 is 0 Å². The fourth-order valence-electron chi connectivity index (χ4n) is 2.41. The minimum absolute atomic E-state index is 0.0741. The van der Waals surface area contributed by atoms with E-state index in [2.05, 4.69) is 13.0 Å². The predicted octanol–water partition coefficient (Wildman–Crippen LogP) is 3.09. The van der Waals surface area contributed by atoms with Gasteiger partial charge >= 0.3 is 0 Å². The number of halogens is 1. The molecule has 3 atom stereocenters. The normalized spacial score (nSPS) is 31.4. The third-order valence-electron chi connectivity index (χ3n) is 3.65. The van der Waals surface area contributed by atoms with E-state index in [1.54, 1.807) is 0 Å². The van der Waals surface area contributed by atoms with Gasteiger partial charge in [0, 0.05) is 5.41 Å². The van der Waals surface area contributed by atoms with Gasteiger partial charge in [-0.15, -0.1) is 0 Å². The Morgan fingerprint density at radius 1 is 1.64 bits per heavy atom. The van der Waals surface area contributed by atoms with Gasteiger partial charge in [0.25, 0.3) is 0 Å². The second-order valence-electron chi connectivity index (χ2n) is 4.59. The average Bonchev–Trinajstić information content (AvgIpc) is 2.59. The van der Waals surface area contributed by atoms with Gasteiger partial charge in [-0.25, -0.2) is 4.39 Å². The molecule has 0 aromatic heterocycles. The highest BCUT2D eigenvalue weighted by Gasteiger charge is 2.40. The van der Waals surface area contributed by atoms with Crippen LogP contribution >= 0.6 is 0 Å². The first-order valence-corrected chi connectivity index (χ1v) is 5.49. The predicted molar refractivity (Wildman–Crippen MR) is 56.9 cm³/mol. The van der Waals surface area contributed by atoms with Gasteiger partial charge in [0.05, 0.1) is 6.61 Å². The molecule has 1 aliphatic rings. The summed E-state index contributed by atoms with van der Waals surface area (Å²) in [5.41, 5.74) is 0.994. The standard InChI is InChI=1S/C12H21FO/c1-4-11(13)10(3)12(8-14)6-5-9(2)7-12/h7,10-11,14H,4-6,8H2,1-3H3/t10-,11+,12-/m1/s1. The largest absolute Gasteiger partial charge is 0.395 e. The van der Waals surface area contributed by atoms with Gasteiger partial charge < -0.3 is 5.11 Å². The maximum atomic E-state index is 13.6. The van der Waals surface area contributed by atoms with Crippen molar-refractivity contribution >= 4 is 0 Å². The monoisotopic (exact) mass is 200 g/mol. The summed E-state index contributed by atoms with van der Waals surface area (Å²) in [7, 11) is 0. The molecule has 1 N–H and O–H groups in total. The zero-order valence-corrected chi connectivity index (χ0v) is 9.39. The Morgan fingerprint density at radius 3 is 2.64 bits per heavy atom. The number of aliphatic hydroxyl groups excluding tert-OH is 1. The third-order valence-corrected chi connectivity index (χ3v) is 3.65. The Morgan fingerprint density at radius 2 is 2.29 bits per heavy atom. The van der Waals surface area contributed by atoms with Gasteiger partial charge in [-0.2, -0.15) is 0 Å². The maximum Gasteiger partial charge on any atom is 0.103 e. The van der Waals surface area contributed by atoms with E-state index < -0.39 is 6.17 Å². The molecule has 0 unspecified atom stereocenters. The highest BCUT2D eigenvalue weighted by Crippen LogP contribution is 2.44. The van der Waals surface area contributed by atoms with Crippen molar-refractivity contribution in [3.05, 3.63) is 11.6 Å². The zero-order chi connectivity index (χ0) is 10.8. The van der Waals surface area contributed by atoms with Crippen molar-refractivity contribution in [3.8, 4) is 0 Å². The first-order chi connectivity index (χ1) is 6.55. The Bertz CT molecular complexity index is 224. The van der Waals surface area contributed by atoms with Crippen molar-refractivity contribution in [2.24, 2.45) is 11.3 Å². The molecule has 0 spiro atoms. The van der Waals surface area contributed by atoms with E-state index in [1.165, 1.54) is 5.57 Å². The summed E-state index contributed by atoms with van der Waals surface area (Å²) in [5.74, 6) is -0.0741. The number of allylic oxidation sites excluding steroid dienone is 1. The lowest BCUT2D eigenvalue weighted by Gasteiger charge is -2.34. The van der Waals surface area contributed by atoms with Crippen LogP contribution in [0, 0.1) is 11.3 Å². The third kappa shape index (κ3) is 2.00. The van der Waals surface area contributed by atoms with Crippen LogP contribution in [0.15, 0.2) is 11.6 Å². The molecule has 0 heterocycles. The van der Waals surface area contributed by atoms with E-state index in [4.69, 9.17) is 0 Å². The number of alkyl halides is 1. The molecule has 14 heavy (non-hydrogen) atoms. The van der Waals surface area contributed by atoms with Crippen molar-refractivity contribution < 1.29 is 9.50 Å². The number of hydrogen-bond donors (Lipinski definition) is 1. The molecular weight excluding hydrogens is 179 g/mol. The highest BCUT2D eigenvalue weighted by atomic mass is 19.1. The summed E-state index contributed by atoms with van der Waals surface area (Å²) in [6, 6.07) is 0. The first kappa shape index (κ1) is 11.7. The van der Waals surface area contributed by atoms with Gasteiger partial charge in [0.2, 0.25) is 0 Å². The van der Waals surface area contributed by atoms with Crippen LogP contribution in [0.4, 0.5) is 4.39 Å². The fourth-order valence-corrected chi connectivity index (χ4v) is 2.41. The van der Waals surface area contributed by atoms with Crippen LogP contribution in [0.3, 0.4) is 0 Å². The molecule has 1 rings (SSSR count). The molecule has 0 aromatic carbocycles. The molecule has 0 fully saturated rings. The van der Waals surface area contributed by atoms with Gasteiger partial charge in [-0.3, -0.25) is 0 Å². The van der Waals surface area contributed by atoms with Crippen LogP contribution in [-0.2, 0) is 0 Å². The SMILES string of the molecule is CC[C@H](F)[C@@H](C)[C@@]1(CO)C=C(C)CC1. The Labute approximate surface area is 86.0 Å². The van der Waals surface area contributed by atoms with E-state index in [9.17, 15) is 9.50 Å². The quantitative estimate of drug-likeness (QED) is 0.691. The summed E-state index contributed by atoms with van der Waals surface area (Å²) in [6.45, 7) is 5.91. The second-order valence-corrected chi connectivity index (χ2v) is 4.59. The van der Waals surface area contributed by atoms with E-state index in [1.807, 2.05) is 13.8 Å². The van der Waals surface area contributed by atoms with Gasteiger partial charge in [0.15, 0.2) is 0 Å². The molecule has 0 bridgehead atoms. The number of hydrogen-bond acceptors (Lipinski definition) is 1. The van der Waals surface area contributed by atoms with Crippen LogP contribution in [0.2, 0.25) is 0 Å². The summed E-state index contributed by atoms with van der Waals surface area (Å²) in [5, 5.41) is 9.44. The molecule has 0 saturated carbocycles. The molecule has 82 valence electrons. The topological polar surface area (TPSA) is 20.2 Å². The van der Waals surface area contributed by atoms with Crippen molar-refractivity contribution in [2.45, 2.75) is 46.2 Å². The molecule has 0 amide bonds. The number of aliphatic hydroxyl groups is 1. The van der Waals surface area contributed by atoms with E-state index in [0.717, 1.165) is 12.8 Å². The Balaban J connectivity index is 2.80. The summed E-state index contributed by atoms with van der Waals surface area (Å²) >= 11 is 0.